The molecule has 1 aliphatic carbocycles. The molecule has 23 heavy (non-hydrogen) atoms. The Balaban J connectivity index is 1.68. The van der Waals surface area contributed by atoms with Crippen molar-refractivity contribution in [2.75, 3.05) is 5.73 Å². The van der Waals surface area contributed by atoms with Gasteiger partial charge in [-0.05, 0) is 36.3 Å². The number of nitrogens with two attached hydrogens (primary N) is 1. The second kappa shape index (κ2) is 6.13. The van der Waals surface area contributed by atoms with Gasteiger partial charge in [-0.15, -0.1) is 11.3 Å². The zero-order chi connectivity index (χ0) is 15.8. The lowest BCUT2D eigenvalue weighted by molar-refractivity contribution is 0.602. The van der Waals surface area contributed by atoms with Crippen LogP contribution in [0, 0.1) is 0 Å². The van der Waals surface area contributed by atoms with Crippen molar-refractivity contribution >= 4 is 39.1 Å². The van der Waals surface area contributed by atoms with Gasteiger partial charge in [-0.2, -0.15) is 0 Å². The largest absolute Gasteiger partial charge is 0.383 e. The molecule has 118 valence electrons. The Morgan fingerprint density at radius 3 is 2.91 bits per heavy atom. The number of aryl methyl sites for hydroxylation is 1. The normalized spacial score (nSPS) is 17.3. The van der Waals surface area contributed by atoms with Gasteiger partial charge in [-0.1, -0.05) is 49.0 Å². The van der Waals surface area contributed by atoms with Crippen molar-refractivity contribution in [3.63, 3.8) is 0 Å². The summed E-state index contributed by atoms with van der Waals surface area (Å²) in [5.41, 5.74) is 8.99. The van der Waals surface area contributed by atoms with Gasteiger partial charge in [0, 0.05) is 10.6 Å². The van der Waals surface area contributed by atoms with E-state index in [1.165, 1.54) is 28.8 Å². The Bertz CT molecular complexity index is 842. The summed E-state index contributed by atoms with van der Waals surface area (Å²) in [5, 5.41) is 1.89. The monoisotopic (exact) mass is 341 g/mol. The number of hydrogen-bond acceptors (Lipinski definition) is 5. The van der Waals surface area contributed by atoms with Gasteiger partial charge in [0.1, 0.15) is 10.6 Å². The topological polar surface area (TPSA) is 51.8 Å². The van der Waals surface area contributed by atoms with E-state index in [0.717, 1.165) is 27.5 Å². The number of aromatic nitrogens is 2. The maximum Gasteiger partial charge on any atom is 0.191 e. The van der Waals surface area contributed by atoms with Gasteiger partial charge in [-0.25, -0.2) is 9.97 Å². The fraction of sp³-hybridized carbons (Fsp3) is 0.333. The lowest BCUT2D eigenvalue weighted by atomic mass is 9.87. The molecule has 5 heteroatoms. The van der Waals surface area contributed by atoms with E-state index >= 15 is 0 Å². The predicted octanol–water partition coefficient (Wildman–Crippen LogP) is 5.01. The Labute approximate surface area is 144 Å². The molecule has 2 N–H and O–H groups in total. The third kappa shape index (κ3) is 2.83. The average molecular weight is 342 g/mol. The van der Waals surface area contributed by atoms with Crippen molar-refractivity contribution in [1.82, 2.24) is 9.97 Å². The van der Waals surface area contributed by atoms with Crippen molar-refractivity contribution in [3.05, 3.63) is 46.3 Å². The van der Waals surface area contributed by atoms with E-state index in [0.29, 0.717) is 11.7 Å². The minimum absolute atomic E-state index is 0.571. The standard InChI is InChI=1S/C18H19N3S2/c1-11-6-5-9-13-14(11)15-16(19)20-18(21-17(15)23-13)22-10-12-7-3-2-4-8-12/h2-4,7-8,11H,5-6,9-10H2,1H3,(H2,19,20,21). The average Bonchev–Trinajstić information content (AvgIpc) is 2.94. The molecule has 3 aromatic rings. The molecule has 1 unspecified atom stereocenters. The summed E-state index contributed by atoms with van der Waals surface area (Å²) < 4.78 is 0. The Kier molecular flexibility index (Phi) is 3.99. The lowest BCUT2D eigenvalue weighted by Gasteiger charge is -2.18. The molecule has 1 aliphatic rings. The van der Waals surface area contributed by atoms with Crippen LogP contribution in [-0.2, 0) is 12.2 Å². The second-order valence-electron chi connectivity index (χ2n) is 6.08. The van der Waals surface area contributed by atoms with Crippen LogP contribution < -0.4 is 5.73 Å². The van der Waals surface area contributed by atoms with Crippen LogP contribution in [-0.4, -0.2) is 9.97 Å². The highest BCUT2D eigenvalue weighted by molar-refractivity contribution is 7.98. The van der Waals surface area contributed by atoms with Gasteiger partial charge < -0.3 is 5.73 Å². The Morgan fingerprint density at radius 1 is 1.26 bits per heavy atom. The quantitative estimate of drug-likeness (QED) is 0.538. The van der Waals surface area contributed by atoms with Crippen molar-refractivity contribution in [2.45, 2.75) is 43.0 Å². The number of benzene rings is 1. The van der Waals surface area contributed by atoms with Crippen LogP contribution in [0.15, 0.2) is 35.5 Å². The Hall–Kier alpha value is -1.59. The number of thioether (sulfide) groups is 1. The smallest absolute Gasteiger partial charge is 0.191 e. The fourth-order valence-corrected chi connectivity index (χ4v) is 5.49. The maximum absolute atomic E-state index is 6.30. The van der Waals surface area contributed by atoms with Gasteiger partial charge in [0.05, 0.1) is 5.39 Å². The van der Waals surface area contributed by atoms with Crippen LogP contribution in [0.25, 0.3) is 10.2 Å². The minimum atomic E-state index is 0.571. The van der Waals surface area contributed by atoms with Gasteiger partial charge in [0.2, 0.25) is 0 Å². The molecule has 0 amide bonds. The third-order valence-electron chi connectivity index (χ3n) is 4.42. The summed E-state index contributed by atoms with van der Waals surface area (Å²) in [7, 11) is 0. The fourth-order valence-electron chi connectivity index (χ4n) is 3.28. The highest BCUT2D eigenvalue weighted by Gasteiger charge is 2.24. The van der Waals surface area contributed by atoms with Gasteiger partial charge >= 0.3 is 0 Å². The molecule has 3 nitrogen and oxygen atoms in total. The molecule has 1 aromatic carbocycles. The van der Waals surface area contributed by atoms with E-state index in [4.69, 9.17) is 10.7 Å². The Morgan fingerprint density at radius 2 is 2.09 bits per heavy atom. The highest BCUT2D eigenvalue weighted by atomic mass is 32.2. The molecular formula is C18H19N3S2. The first-order valence-corrected chi connectivity index (χ1v) is 9.78. The number of fused-ring (bicyclic) bond motifs is 3. The van der Waals surface area contributed by atoms with Crippen molar-refractivity contribution in [1.29, 1.82) is 0 Å². The van der Waals surface area contributed by atoms with Crippen LogP contribution in [0.2, 0.25) is 0 Å². The molecule has 1 atom stereocenters. The zero-order valence-electron chi connectivity index (χ0n) is 13.1. The number of hydrogen-bond donors (Lipinski definition) is 1. The first kappa shape index (κ1) is 15.0. The predicted molar refractivity (Wildman–Crippen MR) is 99.2 cm³/mol. The van der Waals surface area contributed by atoms with Gasteiger partial charge in [0.25, 0.3) is 0 Å². The van der Waals surface area contributed by atoms with Crippen LogP contribution >= 0.6 is 23.1 Å². The van der Waals surface area contributed by atoms with E-state index in [1.54, 1.807) is 11.8 Å². The second-order valence-corrected chi connectivity index (χ2v) is 8.10. The molecule has 0 radical (unpaired) electrons. The van der Waals surface area contributed by atoms with E-state index < -0.39 is 0 Å². The SMILES string of the molecule is CC1CCCc2sc3nc(SCc4ccccc4)nc(N)c3c21. The molecule has 4 rings (SSSR count). The number of rotatable bonds is 3. The van der Waals surface area contributed by atoms with Crippen LogP contribution in [0.4, 0.5) is 5.82 Å². The van der Waals surface area contributed by atoms with E-state index in [2.05, 4.69) is 36.2 Å². The first-order valence-electron chi connectivity index (χ1n) is 7.98. The summed E-state index contributed by atoms with van der Waals surface area (Å²) in [4.78, 5) is 11.9. The molecule has 0 aliphatic heterocycles. The first-order chi connectivity index (χ1) is 11.2. The zero-order valence-corrected chi connectivity index (χ0v) is 14.7. The molecule has 2 aromatic heterocycles. The molecular weight excluding hydrogens is 322 g/mol. The van der Waals surface area contributed by atoms with Gasteiger partial charge in [0.15, 0.2) is 5.16 Å². The van der Waals surface area contributed by atoms with Crippen molar-refractivity contribution < 1.29 is 0 Å². The molecule has 0 bridgehead atoms. The molecule has 0 spiro atoms. The van der Waals surface area contributed by atoms with Crippen LogP contribution in [0.3, 0.4) is 0 Å². The number of thiophene rings is 1. The van der Waals surface area contributed by atoms with E-state index in [9.17, 15) is 0 Å². The highest BCUT2D eigenvalue weighted by Crippen LogP contribution is 2.43. The van der Waals surface area contributed by atoms with E-state index in [-0.39, 0.29) is 0 Å². The number of anilines is 1. The minimum Gasteiger partial charge on any atom is -0.383 e. The van der Waals surface area contributed by atoms with E-state index in [1.807, 2.05) is 17.4 Å². The summed E-state index contributed by atoms with van der Waals surface area (Å²) in [6.45, 7) is 2.29. The molecule has 2 heterocycles. The maximum atomic E-state index is 6.30. The van der Waals surface area contributed by atoms with Crippen LogP contribution in [0.5, 0.6) is 0 Å². The van der Waals surface area contributed by atoms with Crippen molar-refractivity contribution in [3.8, 4) is 0 Å². The summed E-state index contributed by atoms with van der Waals surface area (Å²) >= 11 is 3.46. The summed E-state index contributed by atoms with van der Waals surface area (Å²) in [6, 6.07) is 10.4. The molecule has 0 saturated heterocycles. The van der Waals surface area contributed by atoms with Crippen LogP contribution in [0.1, 0.15) is 41.7 Å². The molecule has 0 saturated carbocycles. The third-order valence-corrected chi connectivity index (χ3v) is 6.50. The number of nitrogen functional groups attached to an aromatic ring is 1. The number of nitrogens with zero attached hydrogens (tertiary/aromatic N) is 2. The van der Waals surface area contributed by atoms with Gasteiger partial charge in [-0.3, -0.25) is 0 Å². The summed E-state index contributed by atoms with van der Waals surface area (Å²) in [6.07, 6.45) is 3.67. The molecule has 0 fully saturated rings. The van der Waals surface area contributed by atoms with Crippen molar-refractivity contribution in [2.24, 2.45) is 0 Å². The lowest BCUT2D eigenvalue weighted by Crippen LogP contribution is -2.05. The summed E-state index contributed by atoms with van der Waals surface area (Å²) in [5.74, 6) is 2.09.